The van der Waals surface area contributed by atoms with Crippen LogP contribution in [0.2, 0.25) is 0 Å². The minimum atomic E-state index is -0.102. The topological polar surface area (TPSA) is 71.3 Å². The fraction of sp³-hybridized carbons (Fsp3) is 0.417. The van der Waals surface area contributed by atoms with Crippen molar-refractivity contribution in [2.24, 2.45) is 5.92 Å². The Hall–Kier alpha value is -1.95. The number of rotatable bonds is 3. The summed E-state index contributed by atoms with van der Waals surface area (Å²) < 4.78 is 1.62. The van der Waals surface area contributed by atoms with Gasteiger partial charge in [-0.25, -0.2) is 9.50 Å². The van der Waals surface area contributed by atoms with Crippen LogP contribution < -0.4 is 10.6 Å². The average molecular weight is 245 g/mol. The number of carbonyl (C=O) groups is 1. The van der Waals surface area contributed by atoms with Gasteiger partial charge in [0.15, 0.2) is 5.65 Å². The Morgan fingerprint density at radius 1 is 1.61 bits per heavy atom. The van der Waals surface area contributed by atoms with Crippen molar-refractivity contribution in [1.29, 1.82) is 0 Å². The van der Waals surface area contributed by atoms with Crippen molar-refractivity contribution in [1.82, 2.24) is 25.2 Å². The molecule has 3 rings (SSSR count). The number of nitrogens with zero attached hydrogens (tertiary/aromatic N) is 3. The Balaban J connectivity index is 1.79. The smallest absolute Gasteiger partial charge is 0.256 e. The highest BCUT2D eigenvalue weighted by Crippen LogP contribution is 2.09. The van der Waals surface area contributed by atoms with E-state index in [0.717, 1.165) is 18.8 Å². The third-order valence-electron chi connectivity index (χ3n) is 3.17. The van der Waals surface area contributed by atoms with Gasteiger partial charge >= 0.3 is 0 Å². The van der Waals surface area contributed by atoms with Crippen molar-refractivity contribution in [2.45, 2.75) is 6.92 Å². The summed E-state index contributed by atoms with van der Waals surface area (Å²) in [6.45, 7) is 4.56. The fourth-order valence-corrected chi connectivity index (χ4v) is 1.94. The standard InChI is InChI=1S/C12H15N5O/c1-8-2-3-17-11(16-8)10(7-15-17)12(18)14-6-9-4-13-5-9/h2-3,7,9,13H,4-6H2,1H3,(H,14,18). The van der Waals surface area contributed by atoms with E-state index in [0.29, 0.717) is 23.7 Å². The molecule has 0 atom stereocenters. The highest BCUT2D eigenvalue weighted by Gasteiger charge is 2.19. The molecule has 0 aromatic carbocycles. The van der Waals surface area contributed by atoms with Crippen molar-refractivity contribution in [3.63, 3.8) is 0 Å². The van der Waals surface area contributed by atoms with Crippen LogP contribution >= 0.6 is 0 Å². The first-order valence-electron chi connectivity index (χ1n) is 6.04. The molecular weight excluding hydrogens is 230 g/mol. The summed E-state index contributed by atoms with van der Waals surface area (Å²) in [6, 6.07) is 1.86. The van der Waals surface area contributed by atoms with Gasteiger partial charge in [0.2, 0.25) is 0 Å². The summed E-state index contributed by atoms with van der Waals surface area (Å²) in [5.41, 5.74) is 2.02. The molecule has 0 aliphatic carbocycles. The van der Waals surface area contributed by atoms with E-state index >= 15 is 0 Å². The van der Waals surface area contributed by atoms with Gasteiger partial charge in [-0.15, -0.1) is 0 Å². The molecule has 94 valence electrons. The second-order valence-electron chi connectivity index (χ2n) is 4.63. The molecule has 1 aliphatic heterocycles. The molecule has 1 fully saturated rings. The van der Waals surface area contributed by atoms with E-state index < -0.39 is 0 Å². The fourth-order valence-electron chi connectivity index (χ4n) is 1.94. The third kappa shape index (κ3) is 1.95. The molecule has 6 heteroatoms. The maximum absolute atomic E-state index is 12.1. The second kappa shape index (κ2) is 4.38. The summed E-state index contributed by atoms with van der Waals surface area (Å²) in [6.07, 6.45) is 3.38. The Bertz CT molecular complexity index is 587. The molecule has 3 heterocycles. The predicted molar refractivity (Wildman–Crippen MR) is 66.4 cm³/mol. The van der Waals surface area contributed by atoms with E-state index in [1.165, 1.54) is 0 Å². The van der Waals surface area contributed by atoms with Crippen molar-refractivity contribution in [2.75, 3.05) is 19.6 Å². The second-order valence-corrected chi connectivity index (χ2v) is 4.63. The summed E-state index contributed by atoms with van der Waals surface area (Å²) in [5, 5.41) is 10.2. The van der Waals surface area contributed by atoms with Crippen LogP contribution in [0.1, 0.15) is 16.1 Å². The maximum Gasteiger partial charge on any atom is 0.256 e. The molecule has 0 unspecified atom stereocenters. The van der Waals surface area contributed by atoms with Gasteiger partial charge in [-0.1, -0.05) is 0 Å². The van der Waals surface area contributed by atoms with Crippen LogP contribution in [0.25, 0.3) is 5.65 Å². The summed E-state index contributed by atoms with van der Waals surface area (Å²) in [4.78, 5) is 16.4. The van der Waals surface area contributed by atoms with Crippen LogP contribution in [0, 0.1) is 12.8 Å². The number of aryl methyl sites for hydroxylation is 1. The molecule has 0 radical (unpaired) electrons. The van der Waals surface area contributed by atoms with Crippen LogP contribution in [0.5, 0.6) is 0 Å². The lowest BCUT2D eigenvalue weighted by molar-refractivity contribution is 0.0943. The third-order valence-corrected chi connectivity index (χ3v) is 3.17. The maximum atomic E-state index is 12.1. The quantitative estimate of drug-likeness (QED) is 0.797. The Labute approximate surface area is 104 Å². The zero-order chi connectivity index (χ0) is 12.5. The van der Waals surface area contributed by atoms with Gasteiger partial charge in [0.25, 0.3) is 5.91 Å². The lowest BCUT2D eigenvalue weighted by Gasteiger charge is -2.26. The van der Waals surface area contributed by atoms with Crippen LogP contribution in [0.4, 0.5) is 0 Å². The van der Waals surface area contributed by atoms with Gasteiger partial charge in [-0.2, -0.15) is 5.10 Å². The largest absolute Gasteiger partial charge is 0.351 e. The number of amides is 1. The lowest BCUT2D eigenvalue weighted by Crippen LogP contribution is -2.48. The van der Waals surface area contributed by atoms with E-state index in [1.807, 2.05) is 19.2 Å². The molecule has 6 nitrogen and oxygen atoms in total. The normalized spacial score (nSPS) is 15.6. The molecule has 0 bridgehead atoms. The summed E-state index contributed by atoms with van der Waals surface area (Å²) in [7, 11) is 0. The minimum Gasteiger partial charge on any atom is -0.351 e. The molecule has 1 aliphatic rings. The highest BCUT2D eigenvalue weighted by atomic mass is 16.1. The molecule has 1 saturated heterocycles. The number of hydrogen-bond donors (Lipinski definition) is 2. The number of carbonyl (C=O) groups excluding carboxylic acids is 1. The molecule has 2 aromatic heterocycles. The van der Waals surface area contributed by atoms with E-state index in [2.05, 4.69) is 20.7 Å². The van der Waals surface area contributed by atoms with Gasteiger partial charge in [-0.3, -0.25) is 4.79 Å². The summed E-state index contributed by atoms with van der Waals surface area (Å²) in [5.74, 6) is 0.445. The van der Waals surface area contributed by atoms with Crippen LogP contribution in [-0.2, 0) is 0 Å². The Morgan fingerprint density at radius 2 is 2.44 bits per heavy atom. The van der Waals surface area contributed by atoms with Crippen LogP contribution in [0.3, 0.4) is 0 Å². The van der Waals surface area contributed by atoms with E-state index in [4.69, 9.17) is 0 Å². The Kier molecular flexibility index (Phi) is 2.71. The number of fused-ring (bicyclic) bond motifs is 1. The monoisotopic (exact) mass is 245 g/mol. The molecule has 0 saturated carbocycles. The average Bonchev–Trinajstić information content (AvgIpc) is 2.69. The molecule has 0 spiro atoms. The molecular formula is C12H15N5O. The van der Waals surface area contributed by atoms with Crippen molar-refractivity contribution >= 4 is 11.6 Å². The molecule has 2 N–H and O–H groups in total. The van der Waals surface area contributed by atoms with E-state index in [-0.39, 0.29) is 5.91 Å². The van der Waals surface area contributed by atoms with Gasteiger partial charge in [-0.05, 0) is 13.0 Å². The first kappa shape index (κ1) is 11.2. The number of aromatic nitrogens is 3. The molecule has 18 heavy (non-hydrogen) atoms. The summed E-state index contributed by atoms with van der Waals surface area (Å²) >= 11 is 0. The Morgan fingerprint density at radius 3 is 3.17 bits per heavy atom. The number of hydrogen-bond acceptors (Lipinski definition) is 4. The van der Waals surface area contributed by atoms with E-state index in [9.17, 15) is 4.79 Å². The van der Waals surface area contributed by atoms with Crippen molar-refractivity contribution in [3.8, 4) is 0 Å². The SMILES string of the molecule is Cc1ccn2ncc(C(=O)NCC3CNC3)c2n1. The first-order valence-corrected chi connectivity index (χ1v) is 6.04. The highest BCUT2D eigenvalue weighted by molar-refractivity contribution is 5.99. The van der Waals surface area contributed by atoms with Gasteiger partial charge < -0.3 is 10.6 Å². The predicted octanol–water partition coefficient (Wildman–Crippen LogP) is -0.0131. The van der Waals surface area contributed by atoms with Crippen LogP contribution in [0.15, 0.2) is 18.5 Å². The lowest BCUT2D eigenvalue weighted by atomic mass is 10.0. The van der Waals surface area contributed by atoms with E-state index in [1.54, 1.807) is 10.7 Å². The zero-order valence-electron chi connectivity index (χ0n) is 10.2. The van der Waals surface area contributed by atoms with Gasteiger partial charge in [0, 0.05) is 37.4 Å². The van der Waals surface area contributed by atoms with Gasteiger partial charge in [0.1, 0.15) is 5.56 Å². The molecule has 1 amide bonds. The van der Waals surface area contributed by atoms with Crippen molar-refractivity contribution < 1.29 is 4.79 Å². The minimum absolute atomic E-state index is 0.102. The first-order chi connectivity index (χ1) is 8.74. The van der Waals surface area contributed by atoms with Gasteiger partial charge in [0.05, 0.1) is 6.20 Å². The van der Waals surface area contributed by atoms with Crippen LogP contribution in [-0.4, -0.2) is 40.1 Å². The van der Waals surface area contributed by atoms with Crippen molar-refractivity contribution in [3.05, 3.63) is 29.7 Å². The molecule has 2 aromatic rings. The zero-order valence-corrected chi connectivity index (χ0v) is 10.2. The number of nitrogens with one attached hydrogen (secondary N) is 2.